The monoisotopic (exact) mass is 1030 g/mol. The third-order valence-corrected chi connectivity index (χ3v) is 20.9. The Hall–Kier alpha value is -4.07. The van der Waals surface area contributed by atoms with Crippen LogP contribution in [-0.4, -0.2) is 82.0 Å². The number of allylic oxidation sites excluding steroid dienone is 8. The van der Waals surface area contributed by atoms with E-state index in [-0.39, 0.29) is 87.3 Å². The van der Waals surface area contributed by atoms with Crippen LogP contribution in [0.1, 0.15) is 140 Å². The van der Waals surface area contributed by atoms with Gasteiger partial charge in [-0.1, -0.05) is 129 Å². The van der Waals surface area contributed by atoms with Crippen LogP contribution in [0.2, 0.25) is 0 Å². The Kier molecular flexibility index (Phi) is 16.4. The molecule has 2 aromatic rings. The van der Waals surface area contributed by atoms with Gasteiger partial charge in [0.1, 0.15) is 17.8 Å². The van der Waals surface area contributed by atoms with Crippen LogP contribution < -0.4 is 5.73 Å². The molecule has 8 fully saturated rings. The molecular formula is C64H92N2O9. The van der Waals surface area contributed by atoms with Crippen molar-refractivity contribution in [1.82, 2.24) is 0 Å². The lowest BCUT2D eigenvalue weighted by Crippen LogP contribution is -2.66. The molecule has 2 saturated heterocycles. The van der Waals surface area contributed by atoms with Crippen LogP contribution >= 0.6 is 0 Å². The van der Waals surface area contributed by atoms with Crippen LogP contribution in [-0.2, 0) is 28.5 Å². The van der Waals surface area contributed by atoms with Crippen molar-refractivity contribution >= 4 is 28.7 Å². The number of carbonyl (C=O) groups excluding carboxylic acids is 2. The van der Waals surface area contributed by atoms with Gasteiger partial charge in [-0.2, -0.15) is 0 Å². The topological polar surface area (TPSA) is 170 Å². The Labute approximate surface area is 449 Å². The third kappa shape index (κ3) is 8.95. The summed E-state index contributed by atoms with van der Waals surface area (Å²) in [6.07, 6.45) is 17.9. The molecule has 5 N–H and O–H groups in total. The van der Waals surface area contributed by atoms with Gasteiger partial charge < -0.3 is 40.0 Å². The fraction of sp³-hybridized carbons (Fsp3) is 0.641. The van der Waals surface area contributed by atoms with Crippen LogP contribution in [0.25, 0.3) is 0 Å². The first-order chi connectivity index (χ1) is 34.1. The van der Waals surface area contributed by atoms with E-state index in [1.165, 1.54) is 22.3 Å². The summed E-state index contributed by atoms with van der Waals surface area (Å²) >= 11 is 0. The zero-order chi connectivity index (χ0) is 51.4. The predicted octanol–water partition coefficient (Wildman–Crippen LogP) is 12.2. The van der Waals surface area contributed by atoms with Crippen molar-refractivity contribution in [1.29, 1.82) is 0 Å². The molecule has 6 saturated carbocycles. The van der Waals surface area contributed by atoms with Gasteiger partial charge in [-0.3, -0.25) is 9.59 Å². The molecule has 0 bridgehead atoms. The molecule has 1 unspecified atom stereocenters. The number of nitrogens with zero attached hydrogens (tertiary/aromatic N) is 1. The van der Waals surface area contributed by atoms with E-state index in [0.29, 0.717) is 56.0 Å². The number of anilines is 1. The lowest BCUT2D eigenvalue weighted by Gasteiger charge is -2.61. The molecule has 75 heavy (non-hydrogen) atoms. The number of hydrogen-bond donors (Lipinski definition) is 4. The Morgan fingerprint density at radius 1 is 0.720 bits per heavy atom. The number of nitrogen functional groups attached to an aromatic ring is 1. The Bertz CT molecular complexity index is 2570. The second-order valence-corrected chi connectivity index (χ2v) is 24.7. The van der Waals surface area contributed by atoms with Gasteiger partial charge in [0.2, 0.25) is 5.79 Å². The summed E-state index contributed by atoms with van der Waals surface area (Å²) in [5, 5.41) is 34.8. The average Bonchev–Trinajstić information content (AvgIpc) is 4.11. The normalized spacial score (nSPS) is 43.8. The van der Waals surface area contributed by atoms with Crippen molar-refractivity contribution in [2.45, 2.75) is 172 Å². The predicted molar refractivity (Wildman–Crippen MR) is 299 cm³/mol. The molecule has 2 aliphatic heterocycles. The van der Waals surface area contributed by atoms with Crippen LogP contribution in [0.5, 0.6) is 0 Å². The molecule has 8 aliphatic carbocycles. The van der Waals surface area contributed by atoms with Crippen molar-refractivity contribution in [2.24, 2.45) is 74.0 Å². The maximum absolute atomic E-state index is 12.9. The molecule has 11 nitrogen and oxygen atoms in total. The Morgan fingerprint density at radius 3 is 1.80 bits per heavy atom. The maximum atomic E-state index is 12.9. The Balaban J connectivity index is 0.000000185. The summed E-state index contributed by atoms with van der Waals surface area (Å²) in [5.41, 5.74) is 9.93. The van der Waals surface area contributed by atoms with Gasteiger partial charge in [0.15, 0.2) is 25.2 Å². The van der Waals surface area contributed by atoms with Gasteiger partial charge in [0, 0.05) is 45.6 Å². The first kappa shape index (κ1) is 58.6. The summed E-state index contributed by atoms with van der Waals surface area (Å²) < 4.78 is 24.1. The van der Waals surface area contributed by atoms with E-state index in [1.807, 2.05) is 56.3 Å². The molecule has 0 amide bonds. The fourth-order valence-corrected chi connectivity index (χ4v) is 17.6. The zero-order valence-corrected chi connectivity index (χ0v) is 44.2. The van der Waals surface area contributed by atoms with Crippen molar-refractivity contribution in [3.8, 4) is 0 Å². The van der Waals surface area contributed by atoms with E-state index < -0.39 is 34.6 Å². The van der Waals surface area contributed by atoms with E-state index in [1.54, 1.807) is 6.08 Å². The minimum Gasteiger partial charge on any atom is -0.399 e. The number of rotatable bonds is 3. The summed E-state index contributed by atoms with van der Waals surface area (Å²) in [6.45, 7) is 20.1. The number of aliphatic hydroxyl groups is 3. The minimum atomic E-state index is -1.31. The quantitative estimate of drug-likeness (QED) is 0.217. The standard InChI is InChI=1S/C30H39NO3.C24H32O6.C7H9N.3CH4/c1-6-26(33)30(34)14-12-23-22-15-19(3)24-16-21(31-20-9-7-18(2)8-10-20)11-13-28(24,4)27(22)25(32)17-29(23,30)5;1-14-8-16-17-5-7-23(24(30-13-28-23)11-27-12-29-24)22(17,3)10-19(26)20(16)21(2)6-4-15(25)9-18(14)21;1-6-2-4-7(8)5-3-6;;;/h7-11,13,16,19,22-23,25,27,32,34H,6,12,14-15,17H2,1-5H3;4,6,9,14,16-17,19-20,26H,5,7-8,10-13H2,1-3H3;2-5H,8H2,1H3;3*1H4/t19-,22-,23-,25-,27+,28-,29-,30-;14-,16-,17-,19-,20+,21-,22-,23+,24?;;;;/m00..../s1. The molecule has 2 aromatic carbocycles. The van der Waals surface area contributed by atoms with E-state index in [0.717, 1.165) is 49.2 Å². The van der Waals surface area contributed by atoms with Gasteiger partial charge in [-0.05, 0) is 149 Å². The first-order valence-corrected chi connectivity index (χ1v) is 27.0. The van der Waals surface area contributed by atoms with Crippen molar-refractivity contribution in [2.75, 3.05) is 25.9 Å². The molecule has 2 spiro atoms. The number of carbonyl (C=O) groups is 2. The molecule has 2 heterocycles. The SMILES string of the molecule is C.C.C.CCC(=O)[C@@]1(O)CC[C@H]2[C@@H]3C[C@H](C)C4=CC(=Nc5ccc(C)cc5)C=C[C@]4(C)[C@H]3[C@@H](O)C[C@@]21C.C[C@H]1C[C@@H]2[C@H]([C@@H](O)C[C@@]3(C)[C@H]2CC[C@@]32OCOC23COCO3)[C@@]2(C)C=CC(=O)C=C12.Cc1ccc(N)cc1. The van der Waals surface area contributed by atoms with Crippen LogP contribution in [0.15, 0.2) is 101 Å². The zero-order valence-electron chi connectivity index (χ0n) is 44.2. The van der Waals surface area contributed by atoms with E-state index in [9.17, 15) is 24.9 Å². The number of aliphatic hydroxyl groups excluding tert-OH is 2. The molecule has 10 aliphatic rings. The summed E-state index contributed by atoms with van der Waals surface area (Å²) in [5.74, 6) is 1.30. The highest BCUT2D eigenvalue weighted by Gasteiger charge is 2.77. The fourth-order valence-electron chi connectivity index (χ4n) is 17.6. The summed E-state index contributed by atoms with van der Waals surface area (Å²) in [4.78, 5) is 29.8. The molecule has 0 aromatic heterocycles. The molecule has 412 valence electrons. The van der Waals surface area contributed by atoms with E-state index in [2.05, 4.69) is 84.9 Å². The van der Waals surface area contributed by atoms with Crippen LogP contribution in [0, 0.1) is 82.9 Å². The van der Waals surface area contributed by atoms with Crippen molar-refractivity contribution in [3.05, 3.63) is 107 Å². The number of ketones is 2. The van der Waals surface area contributed by atoms with E-state index in [4.69, 9.17) is 29.7 Å². The second-order valence-electron chi connectivity index (χ2n) is 24.7. The minimum absolute atomic E-state index is 0. The lowest BCUT2D eigenvalue weighted by molar-refractivity contribution is -0.257. The molecule has 0 radical (unpaired) electrons. The number of ether oxygens (including phenoxy) is 4. The summed E-state index contributed by atoms with van der Waals surface area (Å²) in [7, 11) is 0. The van der Waals surface area contributed by atoms with Gasteiger partial charge in [-0.15, -0.1) is 0 Å². The van der Waals surface area contributed by atoms with Crippen LogP contribution in [0.3, 0.4) is 0 Å². The van der Waals surface area contributed by atoms with Crippen LogP contribution in [0.4, 0.5) is 11.4 Å². The van der Waals surface area contributed by atoms with Gasteiger partial charge in [-0.25, -0.2) is 4.99 Å². The van der Waals surface area contributed by atoms with Crippen molar-refractivity contribution in [3.63, 3.8) is 0 Å². The number of nitrogens with two attached hydrogens (primary N) is 1. The highest BCUT2D eigenvalue weighted by molar-refractivity contribution is 6.07. The van der Waals surface area contributed by atoms with Gasteiger partial charge >= 0.3 is 0 Å². The number of aliphatic imine (C=N–C) groups is 1. The number of hydrogen-bond acceptors (Lipinski definition) is 11. The van der Waals surface area contributed by atoms with Crippen molar-refractivity contribution < 1.29 is 43.9 Å². The first-order valence-electron chi connectivity index (χ1n) is 27.0. The maximum Gasteiger partial charge on any atom is 0.226 e. The molecule has 11 heteroatoms. The number of Topliss-reactive ketones (excluding diaryl/α,β-unsaturated/α-hetero) is 1. The molecule has 12 rings (SSSR count). The summed E-state index contributed by atoms with van der Waals surface area (Å²) in [6, 6.07) is 16.0. The average molecular weight is 1030 g/mol. The highest BCUT2D eigenvalue weighted by Crippen LogP contribution is 2.72. The smallest absolute Gasteiger partial charge is 0.226 e. The third-order valence-electron chi connectivity index (χ3n) is 20.9. The highest BCUT2D eigenvalue weighted by atomic mass is 16.9. The number of aryl methyl sites for hydroxylation is 2. The van der Waals surface area contributed by atoms with Gasteiger partial charge in [0.25, 0.3) is 0 Å². The molecular weight excluding hydrogens is 941 g/mol. The Morgan fingerprint density at radius 2 is 1.24 bits per heavy atom. The largest absolute Gasteiger partial charge is 0.399 e. The number of fused-ring (bicyclic) bond motifs is 12. The van der Waals surface area contributed by atoms with Gasteiger partial charge in [0.05, 0.1) is 23.6 Å². The second kappa shape index (κ2) is 21.0. The van der Waals surface area contributed by atoms with E-state index >= 15 is 0 Å². The number of benzene rings is 2. The molecule has 17 atom stereocenters. The lowest BCUT2D eigenvalue weighted by atomic mass is 9.44.